The van der Waals surface area contributed by atoms with Crippen molar-refractivity contribution in [1.82, 2.24) is 5.32 Å². The Kier molecular flexibility index (Phi) is 6.26. The molecule has 2 amide bonds. The summed E-state index contributed by atoms with van der Waals surface area (Å²) in [7, 11) is 0. The van der Waals surface area contributed by atoms with Crippen LogP contribution in [0.4, 0.5) is 4.79 Å². The van der Waals surface area contributed by atoms with Crippen LogP contribution in [0.1, 0.15) is 17.3 Å². The number of amides is 2. The summed E-state index contributed by atoms with van der Waals surface area (Å²) in [6.07, 6.45) is -0.863. The number of carbonyl (C=O) groups excluding carboxylic acids is 3. The molecule has 0 aromatic heterocycles. The van der Waals surface area contributed by atoms with Crippen LogP contribution in [0, 0.1) is 3.57 Å². The molecule has 0 aliphatic rings. The number of ether oxygens (including phenoxy) is 2. The number of hydrogen-bond acceptors (Lipinski definition) is 5. The van der Waals surface area contributed by atoms with Gasteiger partial charge in [0.25, 0.3) is 5.91 Å². The third-order valence-electron chi connectivity index (χ3n) is 1.91. The fraction of sp³-hybridized carbons (Fsp3) is 0.250. The molecule has 0 unspecified atom stereocenters. The molecule has 0 fully saturated rings. The summed E-state index contributed by atoms with van der Waals surface area (Å²) in [5.41, 5.74) is 0.343. The molecule has 19 heavy (non-hydrogen) atoms. The summed E-state index contributed by atoms with van der Waals surface area (Å²) in [6.45, 7) is 1.23. The molecule has 0 spiro atoms. The van der Waals surface area contributed by atoms with Crippen LogP contribution < -0.4 is 5.32 Å². The van der Waals surface area contributed by atoms with Crippen LogP contribution in [0.25, 0.3) is 0 Å². The Hall–Kier alpha value is -1.64. The van der Waals surface area contributed by atoms with Gasteiger partial charge in [-0.3, -0.25) is 10.1 Å². The third kappa shape index (κ3) is 5.69. The first kappa shape index (κ1) is 15.4. The maximum Gasteiger partial charge on any atom is 0.413 e. The Morgan fingerprint density at radius 1 is 1.26 bits per heavy atom. The van der Waals surface area contributed by atoms with E-state index in [2.05, 4.69) is 27.3 Å². The number of imide groups is 1. The number of hydrogen-bond donors (Lipinski definition) is 1. The maximum atomic E-state index is 11.6. The fourth-order valence-corrected chi connectivity index (χ4v) is 1.69. The number of alkyl carbamates (subject to hydrolysis) is 1. The van der Waals surface area contributed by atoms with Crippen LogP contribution in [0.15, 0.2) is 24.3 Å². The largest absolute Gasteiger partial charge is 0.452 e. The number of esters is 1. The van der Waals surface area contributed by atoms with E-state index in [-0.39, 0.29) is 6.61 Å². The van der Waals surface area contributed by atoms with Crippen LogP contribution in [-0.4, -0.2) is 31.2 Å². The zero-order valence-electron chi connectivity index (χ0n) is 10.1. The lowest BCUT2D eigenvalue weighted by Crippen LogP contribution is -2.34. The van der Waals surface area contributed by atoms with Crippen molar-refractivity contribution in [2.24, 2.45) is 0 Å². The van der Waals surface area contributed by atoms with Gasteiger partial charge in [-0.15, -0.1) is 0 Å². The first-order valence-corrected chi connectivity index (χ1v) is 6.50. The highest BCUT2D eigenvalue weighted by Crippen LogP contribution is 2.08. The maximum absolute atomic E-state index is 11.6. The predicted octanol–water partition coefficient (Wildman–Crippen LogP) is 1.72. The monoisotopic (exact) mass is 377 g/mol. The van der Waals surface area contributed by atoms with Gasteiger partial charge < -0.3 is 9.47 Å². The Labute approximate surface area is 123 Å². The lowest BCUT2D eigenvalue weighted by Gasteiger charge is -2.06. The Morgan fingerprint density at radius 3 is 2.63 bits per heavy atom. The molecule has 0 radical (unpaired) electrons. The molecule has 0 aliphatic heterocycles. The molecule has 1 N–H and O–H groups in total. The molecular formula is C12H12INO5. The van der Waals surface area contributed by atoms with Crippen molar-refractivity contribution in [2.45, 2.75) is 6.92 Å². The summed E-state index contributed by atoms with van der Waals surface area (Å²) < 4.78 is 10.1. The Morgan fingerprint density at radius 2 is 2.00 bits per heavy atom. The summed E-state index contributed by atoms with van der Waals surface area (Å²) >= 11 is 2.06. The molecular weight excluding hydrogens is 365 g/mol. The average molecular weight is 377 g/mol. The summed E-state index contributed by atoms with van der Waals surface area (Å²) in [5.74, 6) is -1.37. The van der Waals surface area contributed by atoms with Crippen molar-refractivity contribution in [3.8, 4) is 0 Å². The zero-order chi connectivity index (χ0) is 14.3. The summed E-state index contributed by atoms with van der Waals surface area (Å²) in [4.78, 5) is 33.7. The van der Waals surface area contributed by atoms with E-state index in [9.17, 15) is 14.4 Å². The van der Waals surface area contributed by atoms with Crippen molar-refractivity contribution >= 4 is 40.6 Å². The van der Waals surface area contributed by atoms with E-state index in [4.69, 9.17) is 4.74 Å². The molecule has 7 heteroatoms. The minimum atomic E-state index is -0.863. The summed E-state index contributed by atoms with van der Waals surface area (Å²) in [5, 5.41) is 1.92. The highest BCUT2D eigenvalue weighted by atomic mass is 127. The molecule has 0 bridgehead atoms. The molecule has 1 aromatic carbocycles. The van der Waals surface area contributed by atoms with Gasteiger partial charge in [0.1, 0.15) is 0 Å². The van der Waals surface area contributed by atoms with E-state index in [0.29, 0.717) is 5.56 Å². The number of halogens is 1. The van der Waals surface area contributed by atoms with E-state index >= 15 is 0 Å². The molecule has 0 aliphatic carbocycles. The predicted molar refractivity (Wildman–Crippen MR) is 74.6 cm³/mol. The third-order valence-corrected chi connectivity index (χ3v) is 2.58. The van der Waals surface area contributed by atoms with E-state index in [1.807, 2.05) is 11.4 Å². The minimum absolute atomic E-state index is 0.154. The van der Waals surface area contributed by atoms with Gasteiger partial charge in [0, 0.05) is 3.57 Å². The molecule has 0 saturated heterocycles. The zero-order valence-corrected chi connectivity index (χ0v) is 12.3. The normalized spacial score (nSPS) is 9.58. The van der Waals surface area contributed by atoms with Crippen LogP contribution in [0.2, 0.25) is 0 Å². The molecule has 0 atom stereocenters. The molecule has 0 heterocycles. The lowest BCUT2D eigenvalue weighted by atomic mass is 10.2. The van der Waals surface area contributed by atoms with Gasteiger partial charge in [-0.25, -0.2) is 9.59 Å². The van der Waals surface area contributed by atoms with E-state index in [1.54, 1.807) is 25.1 Å². The molecule has 1 rings (SSSR count). The van der Waals surface area contributed by atoms with Crippen molar-refractivity contribution < 1.29 is 23.9 Å². The average Bonchev–Trinajstić information content (AvgIpc) is 2.36. The Bertz CT molecular complexity index is 489. The highest BCUT2D eigenvalue weighted by Gasteiger charge is 2.12. The fourth-order valence-electron chi connectivity index (χ4n) is 1.15. The first-order valence-electron chi connectivity index (χ1n) is 5.42. The quantitative estimate of drug-likeness (QED) is 0.639. The Balaban J connectivity index is 2.42. The molecule has 1 aromatic rings. The number of benzene rings is 1. The van der Waals surface area contributed by atoms with Gasteiger partial charge in [0.05, 0.1) is 12.2 Å². The smallest absolute Gasteiger partial charge is 0.413 e. The van der Waals surface area contributed by atoms with E-state index in [1.165, 1.54) is 0 Å². The van der Waals surface area contributed by atoms with Gasteiger partial charge in [-0.05, 0) is 47.7 Å². The number of nitrogens with one attached hydrogen (secondary N) is 1. The lowest BCUT2D eigenvalue weighted by molar-refractivity contribution is -0.123. The van der Waals surface area contributed by atoms with Crippen molar-refractivity contribution in [3.63, 3.8) is 0 Å². The molecule has 102 valence electrons. The van der Waals surface area contributed by atoms with Crippen LogP contribution >= 0.6 is 22.6 Å². The van der Waals surface area contributed by atoms with Gasteiger partial charge in [0.2, 0.25) is 0 Å². The highest BCUT2D eigenvalue weighted by molar-refractivity contribution is 14.1. The molecule has 6 nitrogen and oxygen atoms in total. The first-order chi connectivity index (χ1) is 9.02. The number of rotatable bonds is 4. The second kappa shape index (κ2) is 7.72. The van der Waals surface area contributed by atoms with Crippen molar-refractivity contribution in [3.05, 3.63) is 33.4 Å². The van der Waals surface area contributed by atoms with Crippen LogP contribution in [-0.2, 0) is 14.3 Å². The van der Waals surface area contributed by atoms with E-state index < -0.39 is 24.6 Å². The van der Waals surface area contributed by atoms with Crippen LogP contribution in [0.3, 0.4) is 0 Å². The van der Waals surface area contributed by atoms with Crippen molar-refractivity contribution in [2.75, 3.05) is 13.2 Å². The second-order valence-electron chi connectivity index (χ2n) is 3.36. The van der Waals surface area contributed by atoms with Gasteiger partial charge in [-0.1, -0.05) is 6.07 Å². The topological polar surface area (TPSA) is 81.7 Å². The SMILES string of the molecule is CCOC(=O)NC(=O)COC(=O)c1cccc(I)c1. The summed E-state index contributed by atoms with van der Waals surface area (Å²) in [6, 6.07) is 6.74. The van der Waals surface area contributed by atoms with E-state index in [0.717, 1.165) is 3.57 Å². The van der Waals surface area contributed by atoms with Crippen LogP contribution in [0.5, 0.6) is 0 Å². The minimum Gasteiger partial charge on any atom is -0.452 e. The molecule has 0 saturated carbocycles. The van der Waals surface area contributed by atoms with Crippen molar-refractivity contribution in [1.29, 1.82) is 0 Å². The number of carbonyl (C=O) groups is 3. The standard InChI is InChI=1S/C12H12INO5/c1-2-18-12(17)14-10(15)7-19-11(16)8-4-3-5-9(13)6-8/h3-6H,2,7H2,1H3,(H,14,15,17). The van der Waals surface area contributed by atoms with Gasteiger partial charge >= 0.3 is 12.1 Å². The van der Waals surface area contributed by atoms with Gasteiger partial charge in [0.15, 0.2) is 6.61 Å². The second-order valence-corrected chi connectivity index (χ2v) is 4.60. The van der Waals surface area contributed by atoms with Gasteiger partial charge in [-0.2, -0.15) is 0 Å².